The molecule has 0 aromatic rings. The van der Waals surface area contributed by atoms with Crippen LogP contribution in [0.25, 0.3) is 0 Å². The standard InChI is InChI=1S/C15H24/c1-10-7-12-6-5-11(2)15(12)9-14(3,4)8-13(10)15/h11-13H,1,5-9H2,2-4H3. The van der Waals surface area contributed by atoms with Gasteiger partial charge in [0.05, 0.1) is 0 Å². The Kier molecular flexibility index (Phi) is 1.79. The van der Waals surface area contributed by atoms with Crippen molar-refractivity contribution in [3.05, 3.63) is 12.2 Å². The molecule has 0 aliphatic heterocycles. The minimum absolute atomic E-state index is 0.574. The molecule has 3 fully saturated rings. The minimum atomic E-state index is 0.574. The molecule has 4 unspecified atom stereocenters. The summed E-state index contributed by atoms with van der Waals surface area (Å²) in [4.78, 5) is 0. The molecule has 15 heavy (non-hydrogen) atoms. The lowest BCUT2D eigenvalue weighted by molar-refractivity contribution is 0.131. The molecular weight excluding hydrogens is 180 g/mol. The van der Waals surface area contributed by atoms with E-state index in [9.17, 15) is 0 Å². The van der Waals surface area contributed by atoms with Crippen LogP contribution in [-0.2, 0) is 0 Å². The highest BCUT2D eigenvalue weighted by atomic mass is 14.7. The summed E-state index contributed by atoms with van der Waals surface area (Å²) in [6, 6.07) is 0. The molecule has 1 spiro atoms. The quantitative estimate of drug-likeness (QED) is 0.513. The first-order chi connectivity index (χ1) is 6.96. The van der Waals surface area contributed by atoms with Crippen LogP contribution in [0.3, 0.4) is 0 Å². The molecule has 3 aliphatic rings. The van der Waals surface area contributed by atoms with Crippen molar-refractivity contribution < 1.29 is 0 Å². The van der Waals surface area contributed by atoms with Crippen molar-refractivity contribution in [2.75, 3.05) is 0 Å². The van der Waals surface area contributed by atoms with E-state index in [0.29, 0.717) is 10.8 Å². The normalized spacial score (nSPS) is 51.9. The first-order valence-corrected chi connectivity index (χ1v) is 6.63. The fraction of sp³-hybridized carbons (Fsp3) is 0.867. The molecule has 3 aliphatic carbocycles. The lowest BCUT2D eigenvalue weighted by atomic mass is 9.69. The van der Waals surface area contributed by atoms with Gasteiger partial charge in [0.2, 0.25) is 0 Å². The van der Waals surface area contributed by atoms with Gasteiger partial charge in [-0.25, -0.2) is 0 Å². The molecule has 0 bridgehead atoms. The summed E-state index contributed by atoms with van der Waals surface area (Å²) in [6.45, 7) is 11.8. The molecule has 4 atom stereocenters. The highest BCUT2D eigenvalue weighted by Gasteiger charge is 2.63. The molecule has 0 heteroatoms. The molecule has 3 saturated carbocycles. The molecule has 0 saturated heterocycles. The van der Waals surface area contributed by atoms with Crippen molar-refractivity contribution in [3.63, 3.8) is 0 Å². The first-order valence-electron chi connectivity index (χ1n) is 6.63. The van der Waals surface area contributed by atoms with E-state index < -0.39 is 0 Å². The fourth-order valence-electron chi connectivity index (χ4n) is 5.38. The Balaban J connectivity index is 2.05. The van der Waals surface area contributed by atoms with Crippen molar-refractivity contribution in [2.45, 2.75) is 52.9 Å². The van der Waals surface area contributed by atoms with Crippen LogP contribution in [0.1, 0.15) is 52.9 Å². The monoisotopic (exact) mass is 204 g/mol. The third-order valence-corrected chi connectivity index (χ3v) is 5.82. The van der Waals surface area contributed by atoms with Crippen molar-refractivity contribution in [3.8, 4) is 0 Å². The molecule has 0 amide bonds. The average molecular weight is 204 g/mol. The van der Waals surface area contributed by atoms with Crippen molar-refractivity contribution in [1.82, 2.24) is 0 Å². The van der Waals surface area contributed by atoms with Crippen LogP contribution in [0.2, 0.25) is 0 Å². The minimum Gasteiger partial charge on any atom is -0.0995 e. The zero-order valence-corrected chi connectivity index (χ0v) is 10.5. The third kappa shape index (κ3) is 1.09. The van der Waals surface area contributed by atoms with Gasteiger partial charge in [-0.05, 0) is 60.7 Å². The van der Waals surface area contributed by atoms with E-state index in [2.05, 4.69) is 27.4 Å². The Morgan fingerprint density at radius 1 is 1.27 bits per heavy atom. The largest absolute Gasteiger partial charge is 0.0995 e. The van der Waals surface area contributed by atoms with E-state index in [1.807, 2.05) is 0 Å². The van der Waals surface area contributed by atoms with E-state index in [0.717, 1.165) is 17.8 Å². The second-order valence-corrected chi connectivity index (χ2v) is 7.25. The molecular formula is C15H24. The van der Waals surface area contributed by atoms with Crippen LogP contribution in [0.15, 0.2) is 12.2 Å². The van der Waals surface area contributed by atoms with Gasteiger partial charge in [0, 0.05) is 0 Å². The van der Waals surface area contributed by atoms with Gasteiger partial charge in [0.1, 0.15) is 0 Å². The number of hydrogen-bond donors (Lipinski definition) is 0. The van der Waals surface area contributed by atoms with E-state index in [4.69, 9.17) is 0 Å². The van der Waals surface area contributed by atoms with Crippen LogP contribution >= 0.6 is 0 Å². The van der Waals surface area contributed by atoms with Crippen molar-refractivity contribution in [2.24, 2.45) is 28.6 Å². The molecule has 0 nitrogen and oxygen atoms in total. The van der Waals surface area contributed by atoms with Gasteiger partial charge in [-0.2, -0.15) is 0 Å². The van der Waals surface area contributed by atoms with Crippen molar-refractivity contribution >= 4 is 0 Å². The Labute approximate surface area is 94.1 Å². The SMILES string of the molecule is C=C1CC2CCC(C)C23CC(C)(C)CC13. The second-order valence-electron chi connectivity index (χ2n) is 7.25. The number of hydrogen-bond acceptors (Lipinski definition) is 0. The smallest absolute Gasteiger partial charge is 0.0139 e. The maximum absolute atomic E-state index is 4.37. The summed E-state index contributed by atoms with van der Waals surface area (Å²) in [6.07, 6.45) is 7.19. The lowest BCUT2D eigenvalue weighted by Crippen LogP contribution is -2.29. The highest BCUT2D eigenvalue weighted by Crippen LogP contribution is 2.71. The van der Waals surface area contributed by atoms with Gasteiger partial charge < -0.3 is 0 Å². The van der Waals surface area contributed by atoms with Crippen molar-refractivity contribution in [1.29, 1.82) is 0 Å². The fourth-order valence-corrected chi connectivity index (χ4v) is 5.38. The van der Waals surface area contributed by atoms with Gasteiger partial charge in [-0.1, -0.05) is 32.9 Å². The maximum atomic E-state index is 4.37. The molecule has 0 N–H and O–H groups in total. The van der Waals surface area contributed by atoms with Gasteiger partial charge in [-0.3, -0.25) is 0 Å². The van der Waals surface area contributed by atoms with Crippen LogP contribution in [0.4, 0.5) is 0 Å². The Morgan fingerprint density at radius 3 is 2.73 bits per heavy atom. The van der Waals surface area contributed by atoms with Gasteiger partial charge in [0.25, 0.3) is 0 Å². The summed E-state index contributed by atoms with van der Waals surface area (Å²) in [5, 5.41) is 0. The second kappa shape index (κ2) is 2.70. The maximum Gasteiger partial charge on any atom is -0.0139 e. The molecule has 0 heterocycles. The van der Waals surface area contributed by atoms with Gasteiger partial charge in [0.15, 0.2) is 0 Å². The van der Waals surface area contributed by atoms with E-state index >= 15 is 0 Å². The van der Waals surface area contributed by atoms with Crippen LogP contribution < -0.4 is 0 Å². The first kappa shape index (κ1) is 9.93. The summed E-state index contributed by atoms with van der Waals surface area (Å²) in [7, 11) is 0. The summed E-state index contributed by atoms with van der Waals surface area (Å²) >= 11 is 0. The summed E-state index contributed by atoms with van der Waals surface area (Å²) in [5.41, 5.74) is 2.85. The molecule has 3 rings (SSSR count). The Hall–Kier alpha value is -0.260. The van der Waals surface area contributed by atoms with Gasteiger partial charge >= 0.3 is 0 Å². The zero-order valence-electron chi connectivity index (χ0n) is 10.5. The zero-order chi connectivity index (χ0) is 10.8. The van der Waals surface area contributed by atoms with E-state index in [1.165, 1.54) is 32.1 Å². The van der Waals surface area contributed by atoms with Crippen LogP contribution in [0.5, 0.6) is 0 Å². The average Bonchev–Trinajstić information content (AvgIpc) is 2.65. The lowest BCUT2D eigenvalue weighted by Gasteiger charge is -2.35. The van der Waals surface area contributed by atoms with Crippen LogP contribution in [-0.4, -0.2) is 0 Å². The van der Waals surface area contributed by atoms with E-state index in [1.54, 1.807) is 5.57 Å². The summed E-state index contributed by atoms with van der Waals surface area (Å²) < 4.78 is 0. The Morgan fingerprint density at radius 2 is 2.00 bits per heavy atom. The van der Waals surface area contributed by atoms with Gasteiger partial charge in [-0.15, -0.1) is 0 Å². The van der Waals surface area contributed by atoms with E-state index in [-0.39, 0.29) is 0 Å². The molecule has 0 aromatic heterocycles. The summed E-state index contributed by atoms with van der Waals surface area (Å²) in [5.74, 6) is 2.82. The molecule has 0 radical (unpaired) electrons. The molecule has 0 aromatic carbocycles. The topological polar surface area (TPSA) is 0 Å². The Bertz CT molecular complexity index is 312. The molecule has 84 valence electrons. The number of rotatable bonds is 0. The number of allylic oxidation sites excluding steroid dienone is 1. The third-order valence-electron chi connectivity index (χ3n) is 5.82. The predicted octanol–water partition coefficient (Wildman–Crippen LogP) is 4.42. The van der Waals surface area contributed by atoms with Crippen LogP contribution in [0, 0.1) is 28.6 Å². The highest BCUT2D eigenvalue weighted by molar-refractivity contribution is 5.25. The predicted molar refractivity (Wildman–Crippen MR) is 64.6 cm³/mol.